The smallest absolute Gasteiger partial charge is 0.251 e. The molecule has 0 unspecified atom stereocenters. The molecule has 3 N–H and O–H groups in total. The van der Waals surface area contributed by atoms with Gasteiger partial charge in [-0.3, -0.25) is 9.59 Å². The normalized spacial score (nSPS) is 16.9. The summed E-state index contributed by atoms with van der Waals surface area (Å²) in [5.41, 5.74) is 6.84. The number of anilines is 1. The third-order valence-electron chi connectivity index (χ3n) is 3.80. The van der Waals surface area contributed by atoms with E-state index in [-0.39, 0.29) is 25.2 Å². The summed E-state index contributed by atoms with van der Waals surface area (Å²) < 4.78 is 0. The molecule has 2 amide bonds. The second-order valence-corrected chi connectivity index (χ2v) is 6.80. The van der Waals surface area contributed by atoms with E-state index in [0.717, 1.165) is 29.7 Å². The van der Waals surface area contributed by atoms with Crippen molar-refractivity contribution < 1.29 is 19.5 Å². The van der Waals surface area contributed by atoms with Crippen LogP contribution in [-0.2, 0) is 22.4 Å². The summed E-state index contributed by atoms with van der Waals surface area (Å²) in [7, 11) is 0. The number of primary amides is 1. The van der Waals surface area contributed by atoms with Crippen molar-refractivity contribution in [2.75, 3.05) is 5.32 Å². The molecular weight excluding hydrogens is 304 g/mol. The van der Waals surface area contributed by atoms with Crippen LogP contribution in [0.15, 0.2) is 0 Å². The standard InChI is InChI=1S/C15H20N2O4S/c1-8-5-6-9-10(7-8)22-15(13(9)14(16)21)17-11(18)3-2-4-12(19)20/h8H,2-7H2,1H3,(H2,16,21)(H,17,18)(H,19,20)/p-1/t8-/m1/s1. The summed E-state index contributed by atoms with van der Waals surface area (Å²) in [4.78, 5) is 35.0. The summed E-state index contributed by atoms with van der Waals surface area (Å²) in [5, 5.41) is 13.5. The van der Waals surface area contributed by atoms with Crippen LogP contribution in [0.1, 0.15) is 53.4 Å². The fourth-order valence-electron chi connectivity index (χ4n) is 2.68. The molecule has 1 aromatic heterocycles. The molecule has 1 aromatic rings. The fraction of sp³-hybridized carbons (Fsp3) is 0.533. The molecule has 0 bridgehead atoms. The van der Waals surface area contributed by atoms with Gasteiger partial charge in [-0.1, -0.05) is 6.92 Å². The Kier molecular flexibility index (Phi) is 5.18. The molecule has 0 fully saturated rings. The van der Waals surface area contributed by atoms with Gasteiger partial charge in [0.2, 0.25) is 5.91 Å². The van der Waals surface area contributed by atoms with Crippen molar-refractivity contribution in [3.8, 4) is 0 Å². The van der Waals surface area contributed by atoms with E-state index < -0.39 is 11.9 Å². The van der Waals surface area contributed by atoms with Crippen molar-refractivity contribution in [3.05, 3.63) is 16.0 Å². The van der Waals surface area contributed by atoms with E-state index in [1.54, 1.807) is 0 Å². The van der Waals surface area contributed by atoms with Crippen LogP contribution in [0.4, 0.5) is 5.00 Å². The number of hydrogen-bond acceptors (Lipinski definition) is 5. The average molecular weight is 323 g/mol. The first kappa shape index (κ1) is 16.5. The second kappa shape index (κ2) is 6.91. The number of thiophene rings is 1. The van der Waals surface area contributed by atoms with Crippen LogP contribution in [0.25, 0.3) is 0 Å². The maximum atomic E-state index is 11.9. The highest BCUT2D eigenvalue weighted by Crippen LogP contribution is 2.39. The van der Waals surface area contributed by atoms with Gasteiger partial charge >= 0.3 is 0 Å². The minimum absolute atomic E-state index is 0.0746. The largest absolute Gasteiger partial charge is 0.550 e. The molecule has 2 rings (SSSR count). The first-order chi connectivity index (χ1) is 10.4. The Morgan fingerprint density at radius 2 is 2.09 bits per heavy atom. The number of nitrogens with one attached hydrogen (secondary N) is 1. The minimum atomic E-state index is -1.17. The zero-order valence-corrected chi connectivity index (χ0v) is 13.3. The molecule has 0 spiro atoms. The number of aliphatic carboxylic acids is 1. The fourth-order valence-corrected chi connectivity index (χ4v) is 4.11. The molecular formula is C15H19N2O4S-. The first-order valence-electron chi connectivity index (χ1n) is 7.32. The number of rotatable bonds is 6. The van der Waals surface area contributed by atoms with E-state index >= 15 is 0 Å². The van der Waals surface area contributed by atoms with E-state index in [0.29, 0.717) is 16.5 Å². The molecule has 7 heteroatoms. The van der Waals surface area contributed by atoms with Crippen LogP contribution < -0.4 is 16.2 Å². The number of carboxylic acids is 1. The molecule has 1 atom stereocenters. The Morgan fingerprint density at radius 1 is 1.36 bits per heavy atom. The summed E-state index contributed by atoms with van der Waals surface area (Å²) in [6.07, 6.45) is 2.82. The summed E-state index contributed by atoms with van der Waals surface area (Å²) in [5.74, 6) is -1.46. The van der Waals surface area contributed by atoms with Crippen molar-refractivity contribution >= 4 is 34.1 Å². The van der Waals surface area contributed by atoms with Gasteiger partial charge in [0.25, 0.3) is 5.91 Å². The van der Waals surface area contributed by atoms with E-state index in [1.807, 2.05) is 0 Å². The Balaban J connectivity index is 2.12. The van der Waals surface area contributed by atoms with Gasteiger partial charge in [-0.25, -0.2) is 0 Å². The maximum Gasteiger partial charge on any atom is 0.251 e. The van der Waals surface area contributed by atoms with Crippen LogP contribution in [0.5, 0.6) is 0 Å². The van der Waals surface area contributed by atoms with Crippen LogP contribution in [-0.4, -0.2) is 17.8 Å². The molecule has 1 aliphatic rings. The predicted molar refractivity (Wildman–Crippen MR) is 81.5 cm³/mol. The lowest BCUT2D eigenvalue weighted by atomic mass is 9.88. The lowest BCUT2D eigenvalue weighted by Gasteiger charge is -2.18. The zero-order chi connectivity index (χ0) is 16.3. The predicted octanol–water partition coefficient (Wildman–Crippen LogP) is 0.830. The molecule has 22 heavy (non-hydrogen) atoms. The third-order valence-corrected chi connectivity index (χ3v) is 4.97. The summed E-state index contributed by atoms with van der Waals surface area (Å²) in [6.45, 7) is 2.16. The molecule has 0 radical (unpaired) electrons. The number of hydrogen-bond donors (Lipinski definition) is 2. The van der Waals surface area contributed by atoms with Crippen molar-refractivity contribution in [2.45, 2.75) is 45.4 Å². The number of amides is 2. The SMILES string of the molecule is C[C@@H]1CCc2c(sc(NC(=O)CCCC(=O)[O-])c2C(N)=O)C1. The summed E-state index contributed by atoms with van der Waals surface area (Å²) >= 11 is 1.40. The van der Waals surface area contributed by atoms with Crippen molar-refractivity contribution in [1.82, 2.24) is 0 Å². The van der Waals surface area contributed by atoms with Gasteiger partial charge in [0.15, 0.2) is 0 Å². The van der Waals surface area contributed by atoms with Gasteiger partial charge in [0, 0.05) is 17.3 Å². The van der Waals surface area contributed by atoms with Crippen LogP contribution >= 0.6 is 11.3 Å². The first-order valence-corrected chi connectivity index (χ1v) is 8.14. The molecule has 1 heterocycles. The third kappa shape index (κ3) is 3.85. The second-order valence-electron chi connectivity index (χ2n) is 5.69. The highest BCUT2D eigenvalue weighted by atomic mass is 32.1. The number of carboxylic acid groups (broad SMARTS) is 1. The van der Waals surface area contributed by atoms with Crippen molar-refractivity contribution in [1.29, 1.82) is 0 Å². The Hall–Kier alpha value is -1.89. The van der Waals surface area contributed by atoms with Gasteiger partial charge in [-0.15, -0.1) is 11.3 Å². The summed E-state index contributed by atoms with van der Waals surface area (Å²) in [6, 6.07) is 0. The van der Waals surface area contributed by atoms with Crippen LogP contribution in [0, 0.1) is 5.92 Å². The molecule has 0 aliphatic heterocycles. The molecule has 0 aromatic carbocycles. The highest BCUT2D eigenvalue weighted by Gasteiger charge is 2.27. The monoisotopic (exact) mass is 323 g/mol. The number of fused-ring (bicyclic) bond motifs is 1. The van der Waals surface area contributed by atoms with Gasteiger partial charge in [-0.05, 0) is 43.6 Å². The van der Waals surface area contributed by atoms with Gasteiger partial charge in [0.05, 0.1) is 5.56 Å². The van der Waals surface area contributed by atoms with Crippen molar-refractivity contribution in [3.63, 3.8) is 0 Å². The Morgan fingerprint density at radius 3 is 2.73 bits per heavy atom. The number of nitrogens with two attached hydrogens (primary N) is 1. The molecule has 1 aliphatic carbocycles. The van der Waals surface area contributed by atoms with E-state index in [1.165, 1.54) is 11.3 Å². The lowest BCUT2D eigenvalue weighted by molar-refractivity contribution is -0.305. The molecule has 0 saturated carbocycles. The topological polar surface area (TPSA) is 112 Å². The van der Waals surface area contributed by atoms with Crippen LogP contribution in [0.2, 0.25) is 0 Å². The maximum absolute atomic E-state index is 11.9. The van der Waals surface area contributed by atoms with E-state index in [4.69, 9.17) is 5.73 Å². The number of carbonyl (C=O) groups is 3. The van der Waals surface area contributed by atoms with Gasteiger partial charge in [0.1, 0.15) is 5.00 Å². The lowest BCUT2D eigenvalue weighted by Crippen LogP contribution is -2.22. The number of carbonyl (C=O) groups excluding carboxylic acids is 3. The molecule has 120 valence electrons. The zero-order valence-electron chi connectivity index (χ0n) is 12.4. The van der Waals surface area contributed by atoms with Crippen molar-refractivity contribution in [2.24, 2.45) is 11.7 Å². The van der Waals surface area contributed by atoms with Gasteiger partial charge in [-0.2, -0.15) is 0 Å². The van der Waals surface area contributed by atoms with Crippen LogP contribution in [0.3, 0.4) is 0 Å². The highest BCUT2D eigenvalue weighted by molar-refractivity contribution is 7.17. The van der Waals surface area contributed by atoms with Gasteiger partial charge < -0.3 is 21.0 Å². The molecule has 6 nitrogen and oxygen atoms in total. The minimum Gasteiger partial charge on any atom is -0.550 e. The van der Waals surface area contributed by atoms with E-state index in [9.17, 15) is 19.5 Å². The van der Waals surface area contributed by atoms with E-state index in [2.05, 4.69) is 12.2 Å². The molecule has 0 saturated heterocycles. The Bertz CT molecular complexity index is 609. The average Bonchev–Trinajstić information content (AvgIpc) is 2.74. The quantitative estimate of drug-likeness (QED) is 0.807. The Labute approximate surface area is 132 Å².